The van der Waals surface area contributed by atoms with Gasteiger partial charge in [-0.15, -0.1) is 0 Å². The lowest BCUT2D eigenvalue weighted by atomic mass is 9.78. The summed E-state index contributed by atoms with van der Waals surface area (Å²) in [5.41, 5.74) is 0.438. The van der Waals surface area contributed by atoms with Crippen molar-refractivity contribution in [3.05, 3.63) is 71.8 Å². The van der Waals surface area contributed by atoms with E-state index in [1.54, 1.807) is 36.4 Å². The Morgan fingerprint density at radius 1 is 1.03 bits per heavy atom. The maximum Gasteiger partial charge on any atom is 0.329 e. The summed E-state index contributed by atoms with van der Waals surface area (Å²) in [7, 11) is -4.23. The highest BCUT2D eigenvalue weighted by Crippen LogP contribution is 2.42. The Labute approximate surface area is 180 Å². The van der Waals surface area contributed by atoms with Gasteiger partial charge < -0.3 is 5.11 Å². The molecule has 1 saturated carbocycles. The van der Waals surface area contributed by atoms with E-state index in [1.807, 2.05) is 0 Å². The van der Waals surface area contributed by atoms with Gasteiger partial charge >= 0.3 is 5.97 Å². The summed E-state index contributed by atoms with van der Waals surface area (Å²) >= 11 is 0. The van der Waals surface area contributed by atoms with Gasteiger partial charge in [-0.2, -0.15) is 4.72 Å². The van der Waals surface area contributed by atoms with Crippen molar-refractivity contribution in [1.29, 1.82) is 0 Å². The summed E-state index contributed by atoms with van der Waals surface area (Å²) in [6.07, 6.45) is 5.25. The molecule has 0 aliphatic heterocycles. The number of benzene rings is 2. The first-order valence-electron chi connectivity index (χ1n) is 9.84. The molecule has 4 N–H and O–H groups in total. The number of carbonyl (C=O) groups excluding carboxylic acids is 1. The molecule has 2 aromatic rings. The Morgan fingerprint density at radius 2 is 1.71 bits per heavy atom. The van der Waals surface area contributed by atoms with E-state index in [1.165, 1.54) is 29.8 Å². The van der Waals surface area contributed by atoms with Crippen LogP contribution in [0.25, 0.3) is 6.08 Å². The van der Waals surface area contributed by atoms with Crippen molar-refractivity contribution < 1.29 is 28.3 Å². The quantitative estimate of drug-likeness (QED) is 0.281. The number of hydrogen-bond acceptors (Lipinski definition) is 5. The van der Waals surface area contributed by atoms with Gasteiger partial charge in [0.25, 0.3) is 5.91 Å². The maximum atomic E-state index is 13.3. The summed E-state index contributed by atoms with van der Waals surface area (Å²) < 4.78 is 29.1. The van der Waals surface area contributed by atoms with Crippen LogP contribution in [-0.2, 0) is 25.2 Å². The molecule has 164 valence electrons. The van der Waals surface area contributed by atoms with Gasteiger partial charge in [0.2, 0.25) is 10.0 Å². The Balaban J connectivity index is 2.04. The molecular formula is C22H24N2O6S. The highest BCUT2D eigenvalue weighted by Gasteiger charge is 2.51. The number of amides is 1. The van der Waals surface area contributed by atoms with Crippen LogP contribution in [0.4, 0.5) is 0 Å². The Bertz CT molecular complexity index is 1080. The number of nitrogens with one attached hydrogen (secondary N) is 2. The van der Waals surface area contributed by atoms with Crippen LogP contribution in [-0.4, -0.2) is 30.6 Å². The molecule has 1 amide bonds. The van der Waals surface area contributed by atoms with Crippen molar-refractivity contribution in [2.24, 2.45) is 5.92 Å². The zero-order valence-corrected chi connectivity index (χ0v) is 17.5. The van der Waals surface area contributed by atoms with Crippen molar-refractivity contribution in [3.8, 4) is 0 Å². The number of sulfonamides is 1. The molecule has 9 heteroatoms. The number of carboxylic acids is 1. The Hall–Kier alpha value is -3.01. The summed E-state index contributed by atoms with van der Waals surface area (Å²) in [6, 6.07) is 14.1. The number of hydrogen-bond donors (Lipinski definition) is 4. The van der Waals surface area contributed by atoms with Gasteiger partial charge in [-0.25, -0.2) is 18.7 Å². The van der Waals surface area contributed by atoms with Crippen LogP contribution in [0.2, 0.25) is 0 Å². The standard InChI is InChI=1S/C22H24N2O6S/c25-20(23-28)14-13-16-7-6-12-19(15-16)31(29,30)24-22(21(26)27,18-10-4-5-11-18)17-8-2-1-3-9-17/h1-3,6-9,12-15,18,24,28H,4-5,10-11H2,(H,23,25)(H,26,27)/b14-13+/t22-/m1/s1. The molecule has 2 aromatic carbocycles. The molecule has 1 fully saturated rings. The first-order chi connectivity index (χ1) is 14.8. The summed E-state index contributed by atoms with van der Waals surface area (Å²) in [5.74, 6) is -2.40. The molecule has 0 heterocycles. The fraction of sp³-hybridized carbons (Fsp3) is 0.273. The Morgan fingerprint density at radius 3 is 2.32 bits per heavy atom. The van der Waals surface area contributed by atoms with Gasteiger partial charge in [-0.1, -0.05) is 55.3 Å². The molecule has 0 radical (unpaired) electrons. The van der Waals surface area contributed by atoms with E-state index in [0.29, 0.717) is 24.0 Å². The largest absolute Gasteiger partial charge is 0.480 e. The molecule has 1 atom stereocenters. The van der Waals surface area contributed by atoms with Crippen LogP contribution >= 0.6 is 0 Å². The SMILES string of the molecule is O=C(/C=C/c1cccc(S(=O)(=O)N[C@](C(=O)O)(c2ccccc2)C2CCCC2)c1)NO. The highest BCUT2D eigenvalue weighted by molar-refractivity contribution is 7.89. The van der Waals surface area contributed by atoms with E-state index < -0.39 is 33.4 Å². The van der Waals surface area contributed by atoms with E-state index in [0.717, 1.165) is 18.9 Å². The van der Waals surface area contributed by atoms with Crippen molar-refractivity contribution in [2.75, 3.05) is 0 Å². The molecule has 0 bridgehead atoms. The van der Waals surface area contributed by atoms with E-state index in [4.69, 9.17) is 5.21 Å². The predicted octanol–water partition coefficient (Wildman–Crippen LogP) is 2.65. The van der Waals surface area contributed by atoms with Crippen LogP contribution < -0.4 is 10.2 Å². The van der Waals surface area contributed by atoms with Gasteiger partial charge in [-0.3, -0.25) is 10.0 Å². The van der Waals surface area contributed by atoms with Gasteiger partial charge in [0.1, 0.15) is 0 Å². The third-order valence-corrected chi connectivity index (χ3v) is 7.00. The fourth-order valence-corrected chi connectivity index (χ4v) is 5.51. The summed E-state index contributed by atoms with van der Waals surface area (Å²) in [4.78, 5) is 23.7. The average Bonchev–Trinajstić information content (AvgIpc) is 3.31. The van der Waals surface area contributed by atoms with E-state index >= 15 is 0 Å². The molecule has 0 aromatic heterocycles. The smallest absolute Gasteiger partial charge is 0.329 e. The van der Waals surface area contributed by atoms with E-state index in [-0.39, 0.29) is 4.90 Å². The lowest BCUT2D eigenvalue weighted by Gasteiger charge is -2.36. The van der Waals surface area contributed by atoms with Gasteiger partial charge in [0.05, 0.1) is 4.90 Å². The van der Waals surface area contributed by atoms with Crippen molar-refractivity contribution in [1.82, 2.24) is 10.2 Å². The molecule has 0 spiro atoms. The number of rotatable bonds is 8. The second-order valence-corrected chi connectivity index (χ2v) is 9.13. The second-order valence-electron chi connectivity index (χ2n) is 7.45. The normalized spacial score (nSPS) is 16.8. The number of carbonyl (C=O) groups is 2. The zero-order valence-electron chi connectivity index (χ0n) is 16.7. The number of aliphatic carboxylic acids is 1. The zero-order chi connectivity index (χ0) is 22.5. The molecule has 1 aliphatic rings. The molecule has 8 nitrogen and oxygen atoms in total. The topological polar surface area (TPSA) is 133 Å². The second kappa shape index (κ2) is 9.42. The number of carboxylic acid groups (broad SMARTS) is 1. The maximum absolute atomic E-state index is 13.3. The van der Waals surface area contributed by atoms with E-state index in [9.17, 15) is 23.1 Å². The lowest BCUT2D eigenvalue weighted by Crippen LogP contribution is -2.56. The monoisotopic (exact) mass is 444 g/mol. The molecule has 3 rings (SSSR count). The van der Waals surface area contributed by atoms with Crippen molar-refractivity contribution in [2.45, 2.75) is 36.1 Å². The highest BCUT2D eigenvalue weighted by atomic mass is 32.2. The van der Waals surface area contributed by atoms with Gasteiger partial charge in [0.15, 0.2) is 5.54 Å². The van der Waals surface area contributed by atoms with Gasteiger partial charge in [-0.05, 0) is 48.1 Å². The molecule has 31 heavy (non-hydrogen) atoms. The summed E-state index contributed by atoms with van der Waals surface area (Å²) in [6.45, 7) is 0. The van der Waals surface area contributed by atoms with Crippen LogP contribution in [0.3, 0.4) is 0 Å². The summed E-state index contributed by atoms with van der Waals surface area (Å²) in [5, 5.41) is 18.8. The third-order valence-electron chi connectivity index (χ3n) is 5.54. The predicted molar refractivity (Wildman–Crippen MR) is 113 cm³/mol. The van der Waals surface area contributed by atoms with Crippen LogP contribution in [0, 0.1) is 5.92 Å². The fourth-order valence-electron chi connectivity index (χ4n) is 4.05. The molecular weight excluding hydrogens is 420 g/mol. The Kier molecular flexibility index (Phi) is 6.89. The van der Waals surface area contributed by atoms with Gasteiger partial charge in [0, 0.05) is 6.08 Å². The molecule has 0 saturated heterocycles. The van der Waals surface area contributed by atoms with Crippen LogP contribution in [0.1, 0.15) is 36.8 Å². The minimum atomic E-state index is -4.23. The first kappa shape index (κ1) is 22.7. The minimum Gasteiger partial charge on any atom is -0.480 e. The van der Waals surface area contributed by atoms with Crippen molar-refractivity contribution >= 4 is 28.0 Å². The lowest BCUT2D eigenvalue weighted by molar-refractivity contribution is -0.147. The average molecular weight is 445 g/mol. The third kappa shape index (κ3) is 4.84. The van der Waals surface area contributed by atoms with Crippen LogP contribution in [0.5, 0.6) is 0 Å². The first-order valence-corrected chi connectivity index (χ1v) is 11.3. The van der Waals surface area contributed by atoms with Crippen LogP contribution in [0.15, 0.2) is 65.6 Å². The minimum absolute atomic E-state index is 0.126. The number of hydroxylamine groups is 1. The molecule has 1 aliphatic carbocycles. The van der Waals surface area contributed by atoms with E-state index in [2.05, 4.69) is 4.72 Å². The molecule has 0 unspecified atom stereocenters. The van der Waals surface area contributed by atoms with Crippen molar-refractivity contribution in [3.63, 3.8) is 0 Å².